The average molecular weight is 367 g/mol. The number of hydrogen-bond acceptors (Lipinski definition) is 3. The van der Waals surface area contributed by atoms with Crippen LogP contribution in [0.25, 0.3) is 0 Å². The Balaban J connectivity index is 1.71. The molecule has 0 fully saturated rings. The number of unbranched alkanes of at least 4 members (excludes halogenated alkanes) is 15. The topological polar surface area (TPSA) is 26.7 Å². The fraction of sp³-hybridized carbons (Fsp3) is 0.913. The molecule has 26 heavy (non-hydrogen) atoms. The van der Waals surface area contributed by atoms with E-state index in [9.17, 15) is 0 Å². The Bertz CT molecular complexity index is 319. The van der Waals surface area contributed by atoms with Crippen molar-refractivity contribution < 1.29 is 5.11 Å². The van der Waals surface area contributed by atoms with E-state index in [1.54, 1.807) is 0 Å². The number of aliphatic hydroxyl groups is 1. The van der Waals surface area contributed by atoms with Gasteiger partial charge in [-0.2, -0.15) is 0 Å². The van der Waals surface area contributed by atoms with Crippen molar-refractivity contribution in [3.05, 3.63) is 12.4 Å². The van der Waals surface area contributed by atoms with Crippen molar-refractivity contribution in [1.82, 2.24) is 9.80 Å². The summed E-state index contributed by atoms with van der Waals surface area (Å²) >= 11 is 0. The molecule has 0 bridgehead atoms. The number of hydrogen-bond donors (Lipinski definition) is 1. The van der Waals surface area contributed by atoms with Crippen molar-refractivity contribution in [1.29, 1.82) is 0 Å². The van der Waals surface area contributed by atoms with E-state index in [0.717, 1.165) is 19.8 Å². The Morgan fingerprint density at radius 2 is 0.962 bits per heavy atom. The Morgan fingerprint density at radius 3 is 1.38 bits per heavy atom. The molecular weight excluding hydrogens is 320 g/mol. The van der Waals surface area contributed by atoms with Gasteiger partial charge in [-0.05, 0) is 6.42 Å². The summed E-state index contributed by atoms with van der Waals surface area (Å²) in [6, 6.07) is 0. The Hall–Kier alpha value is -0.700. The van der Waals surface area contributed by atoms with E-state index in [1.807, 2.05) is 0 Å². The van der Waals surface area contributed by atoms with Gasteiger partial charge in [0.05, 0.1) is 13.3 Å². The molecule has 154 valence electrons. The van der Waals surface area contributed by atoms with Gasteiger partial charge in [0.15, 0.2) is 0 Å². The Morgan fingerprint density at radius 1 is 0.577 bits per heavy atom. The lowest BCUT2D eigenvalue weighted by molar-refractivity contribution is 0.204. The molecule has 0 atom stereocenters. The third kappa shape index (κ3) is 13.5. The maximum Gasteiger partial charge on any atom is 0.0894 e. The average Bonchev–Trinajstić information content (AvgIpc) is 3.09. The summed E-state index contributed by atoms with van der Waals surface area (Å²) < 4.78 is 0. The molecule has 1 aliphatic heterocycles. The summed E-state index contributed by atoms with van der Waals surface area (Å²) in [5.41, 5.74) is 0. The molecule has 0 aromatic carbocycles. The van der Waals surface area contributed by atoms with Crippen LogP contribution in [0.5, 0.6) is 0 Å². The molecule has 1 aliphatic rings. The number of rotatable bonds is 19. The second kappa shape index (κ2) is 17.7. The van der Waals surface area contributed by atoms with Crippen molar-refractivity contribution in [2.24, 2.45) is 0 Å². The van der Waals surface area contributed by atoms with Crippen molar-refractivity contribution >= 4 is 0 Å². The number of nitrogens with zero attached hydrogens (tertiary/aromatic N) is 2. The lowest BCUT2D eigenvalue weighted by atomic mass is 10.0. The van der Waals surface area contributed by atoms with E-state index in [-0.39, 0.29) is 6.61 Å². The molecule has 0 aromatic heterocycles. The van der Waals surface area contributed by atoms with Crippen LogP contribution in [0.15, 0.2) is 12.4 Å². The molecular formula is C23H46N2O. The third-order valence-electron chi connectivity index (χ3n) is 5.54. The van der Waals surface area contributed by atoms with Gasteiger partial charge in [0, 0.05) is 25.5 Å². The van der Waals surface area contributed by atoms with E-state index >= 15 is 0 Å². The van der Waals surface area contributed by atoms with Gasteiger partial charge in [0.2, 0.25) is 0 Å². The summed E-state index contributed by atoms with van der Waals surface area (Å²) in [5.74, 6) is 0. The Kier molecular flexibility index (Phi) is 15.9. The quantitative estimate of drug-likeness (QED) is 0.272. The zero-order valence-corrected chi connectivity index (χ0v) is 17.6. The second-order valence-electron chi connectivity index (χ2n) is 8.09. The zero-order chi connectivity index (χ0) is 18.7. The van der Waals surface area contributed by atoms with Crippen molar-refractivity contribution in [2.75, 3.05) is 26.4 Å². The van der Waals surface area contributed by atoms with E-state index in [0.29, 0.717) is 0 Å². The van der Waals surface area contributed by atoms with Gasteiger partial charge >= 0.3 is 0 Å². The molecule has 0 aromatic rings. The summed E-state index contributed by atoms with van der Waals surface area (Å²) in [5, 5.41) is 8.94. The van der Waals surface area contributed by atoms with Crippen LogP contribution in [0.2, 0.25) is 0 Å². The van der Waals surface area contributed by atoms with Gasteiger partial charge in [0.25, 0.3) is 0 Å². The molecule has 3 heteroatoms. The predicted molar refractivity (Wildman–Crippen MR) is 114 cm³/mol. The summed E-state index contributed by atoms with van der Waals surface area (Å²) in [6.45, 7) is 5.42. The highest BCUT2D eigenvalue weighted by atomic mass is 16.3. The summed E-state index contributed by atoms with van der Waals surface area (Å²) in [7, 11) is 0. The van der Waals surface area contributed by atoms with Gasteiger partial charge in [-0.3, -0.25) is 0 Å². The monoisotopic (exact) mass is 366 g/mol. The van der Waals surface area contributed by atoms with Crippen LogP contribution in [-0.4, -0.2) is 41.3 Å². The van der Waals surface area contributed by atoms with Gasteiger partial charge in [0.1, 0.15) is 0 Å². The van der Waals surface area contributed by atoms with Gasteiger partial charge in [-0.15, -0.1) is 0 Å². The smallest absolute Gasteiger partial charge is 0.0894 e. The van der Waals surface area contributed by atoms with E-state index in [4.69, 9.17) is 5.11 Å². The third-order valence-corrected chi connectivity index (χ3v) is 5.54. The molecule has 1 N–H and O–H groups in total. The van der Waals surface area contributed by atoms with Crippen LogP contribution < -0.4 is 0 Å². The van der Waals surface area contributed by atoms with E-state index in [2.05, 4.69) is 29.1 Å². The minimum absolute atomic E-state index is 0.247. The molecule has 1 heterocycles. The van der Waals surface area contributed by atoms with Crippen LogP contribution in [0.3, 0.4) is 0 Å². The molecule has 0 unspecified atom stereocenters. The summed E-state index contributed by atoms with van der Waals surface area (Å²) in [4.78, 5) is 4.53. The molecule has 1 rings (SSSR count). The van der Waals surface area contributed by atoms with Crippen LogP contribution in [0.4, 0.5) is 0 Å². The predicted octanol–water partition coefficient (Wildman–Crippen LogP) is 6.29. The normalized spacial score (nSPS) is 13.9. The largest absolute Gasteiger partial charge is 0.395 e. The highest BCUT2D eigenvalue weighted by Crippen LogP contribution is 2.14. The van der Waals surface area contributed by atoms with Crippen molar-refractivity contribution in [3.63, 3.8) is 0 Å². The van der Waals surface area contributed by atoms with Crippen molar-refractivity contribution in [3.8, 4) is 0 Å². The van der Waals surface area contributed by atoms with Gasteiger partial charge in [-0.1, -0.05) is 103 Å². The van der Waals surface area contributed by atoms with Crippen LogP contribution in [0.1, 0.15) is 110 Å². The maximum absolute atomic E-state index is 8.94. The number of β-amino-alcohol motifs (C(OH)–C–C–N with tert-alkyl or cyclic N) is 1. The van der Waals surface area contributed by atoms with Gasteiger partial charge in [-0.25, -0.2) is 0 Å². The van der Waals surface area contributed by atoms with Crippen LogP contribution in [-0.2, 0) is 0 Å². The second-order valence-corrected chi connectivity index (χ2v) is 8.09. The highest BCUT2D eigenvalue weighted by Gasteiger charge is 2.10. The first-order valence-corrected chi connectivity index (χ1v) is 11.6. The highest BCUT2D eigenvalue weighted by molar-refractivity contribution is 4.90. The standard InChI is InChI=1S/C23H46N2O/c1-2-3-4-5-6-7-8-9-10-11-12-13-14-15-16-17-18-24-19-20-25(23-24)21-22-26/h19-20,26H,2-18,21-23H2,1H3. The minimum atomic E-state index is 0.247. The first kappa shape index (κ1) is 23.3. The molecule has 0 spiro atoms. The zero-order valence-electron chi connectivity index (χ0n) is 17.6. The first-order chi connectivity index (χ1) is 12.9. The van der Waals surface area contributed by atoms with Crippen LogP contribution >= 0.6 is 0 Å². The first-order valence-electron chi connectivity index (χ1n) is 11.6. The summed E-state index contributed by atoms with van der Waals surface area (Å²) in [6.07, 6.45) is 27.1. The molecule has 0 saturated heterocycles. The fourth-order valence-electron chi connectivity index (χ4n) is 3.80. The van der Waals surface area contributed by atoms with Gasteiger partial charge < -0.3 is 14.9 Å². The molecule has 3 nitrogen and oxygen atoms in total. The molecule has 0 radical (unpaired) electrons. The SMILES string of the molecule is CCCCCCCCCCCCCCCCCCN1C=CN(CCO)C1. The molecule has 0 aliphatic carbocycles. The van der Waals surface area contributed by atoms with E-state index < -0.39 is 0 Å². The fourth-order valence-corrected chi connectivity index (χ4v) is 3.80. The van der Waals surface area contributed by atoms with Crippen molar-refractivity contribution in [2.45, 2.75) is 110 Å². The lowest BCUT2D eigenvalue weighted by Crippen LogP contribution is -2.27. The lowest BCUT2D eigenvalue weighted by Gasteiger charge is -2.20. The number of aliphatic hydroxyl groups excluding tert-OH is 1. The van der Waals surface area contributed by atoms with E-state index in [1.165, 1.54) is 103 Å². The Labute approximate surface area is 163 Å². The minimum Gasteiger partial charge on any atom is -0.395 e. The molecule has 0 saturated carbocycles. The maximum atomic E-state index is 8.94. The molecule has 0 amide bonds. The van der Waals surface area contributed by atoms with Crippen LogP contribution in [0, 0.1) is 0 Å².